The molecule has 0 aliphatic heterocycles. The van der Waals surface area contributed by atoms with Gasteiger partial charge in [-0.25, -0.2) is 0 Å². The smallest absolute Gasteiger partial charge is 0.119 e. The van der Waals surface area contributed by atoms with Crippen molar-refractivity contribution in [3.8, 4) is 0 Å². The molecule has 1 N–H and O–H groups in total. The summed E-state index contributed by atoms with van der Waals surface area (Å²) in [5, 5.41) is 18.5. The van der Waals surface area contributed by atoms with Crippen molar-refractivity contribution in [1.82, 2.24) is 14.8 Å². The van der Waals surface area contributed by atoms with E-state index < -0.39 is 5.60 Å². The number of nitrogens with zero attached hydrogens (tertiary/aromatic N) is 3. The molecule has 0 saturated heterocycles. The molecule has 0 spiro atoms. The van der Waals surface area contributed by atoms with Crippen molar-refractivity contribution in [3.63, 3.8) is 0 Å². The van der Waals surface area contributed by atoms with E-state index in [-0.39, 0.29) is 5.54 Å². The first-order valence-electron chi connectivity index (χ1n) is 6.25. The number of aromatic nitrogens is 3. The first kappa shape index (κ1) is 9.16. The number of hydrogen-bond acceptors (Lipinski definition) is 3. The lowest BCUT2D eigenvalue weighted by molar-refractivity contribution is -0.156. The molecule has 1 aromatic rings. The van der Waals surface area contributed by atoms with E-state index >= 15 is 0 Å². The van der Waals surface area contributed by atoms with Crippen LogP contribution in [0.25, 0.3) is 0 Å². The van der Waals surface area contributed by atoms with E-state index in [1.807, 2.05) is 12.7 Å². The van der Waals surface area contributed by atoms with Gasteiger partial charge in [0.1, 0.15) is 12.7 Å². The Morgan fingerprint density at radius 2 is 1.69 bits per heavy atom. The van der Waals surface area contributed by atoms with Crippen molar-refractivity contribution >= 4 is 0 Å². The highest BCUT2D eigenvalue weighted by atomic mass is 16.3. The third-order valence-electron chi connectivity index (χ3n) is 4.97. The van der Waals surface area contributed by atoms with E-state index in [0.717, 1.165) is 19.3 Å². The second-order valence-electron chi connectivity index (χ2n) is 6.28. The average Bonchev–Trinajstić information content (AvgIpc) is 2.65. The molecule has 4 bridgehead atoms. The molecule has 4 nitrogen and oxygen atoms in total. The summed E-state index contributed by atoms with van der Waals surface area (Å²) in [7, 11) is 0. The summed E-state index contributed by atoms with van der Waals surface area (Å²) in [5.41, 5.74) is -0.267. The molecular weight excluding hydrogens is 202 g/mol. The van der Waals surface area contributed by atoms with Gasteiger partial charge >= 0.3 is 0 Å². The summed E-state index contributed by atoms with van der Waals surface area (Å²) in [6, 6.07) is 0. The highest BCUT2D eigenvalue weighted by Crippen LogP contribution is 2.60. The molecule has 4 heteroatoms. The van der Waals surface area contributed by atoms with E-state index in [0.29, 0.717) is 11.8 Å². The molecule has 0 aromatic carbocycles. The molecule has 2 unspecified atom stereocenters. The highest BCUT2D eigenvalue weighted by molar-refractivity contribution is 5.11. The molecule has 0 radical (unpaired) electrons. The van der Waals surface area contributed by atoms with Crippen LogP contribution in [0, 0.1) is 11.8 Å². The minimum absolute atomic E-state index is 0.127. The predicted molar refractivity (Wildman–Crippen MR) is 57.6 cm³/mol. The standard InChI is InChI=1S/C12H17N3O/c16-12-4-9-1-10(5-12)3-11(2-9,6-12)15-7-13-14-8-15/h7-10,16H,1-6H2/t9-,10+,11?,12?. The van der Waals surface area contributed by atoms with Crippen LogP contribution in [-0.2, 0) is 5.54 Å². The lowest BCUT2D eigenvalue weighted by Crippen LogP contribution is -2.59. The van der Waals surface area contributed by atoms with Crippen LogP contribution in [-0.4, -0.2) is 25.5 Å². The van der Waals surface area contributed by atoms with E-state index in [9.17, 15) is 5.11 Å². The molecule has 16 heavy (non-hydrogen) atoms. The fourth-order valence-corrected chi connectivity index (χ4v) is 4.91. The topological polar surface area (TPSA) is 50.9 Å². The Hall–Kier alpha value is -0.900. The van der Waals surface area contributed by atoms with Crippen LogP contribution in [0.4, 0.5) is 0 Å². The molecule has 4 fully saturated rings. The second kappa shape index (κ2) is 2.67. The van der Waals surface area contributed by atoms with Gasteiger partial charge in [-0.1, -0.05) is 0 Å². The maximum Gasteiger partial charge on any atom is 0.119 e. The van der Waals surface area contributed by atoms with E-state index in [4.69, 9.17) is 0 Å². The van der Waals surface area contributed by atoms with Gasteiger partial charge < -0.3 is 9.67 Å². The normalized spacial score (nSPS) is 49.8. The second-order valence-corrected chi connectivity index (χ2v) is 6.28. The minimum atomic E-state index is -0.394. The van der Waals surface area contributed by atoms with Crippen LogP contribution in [0.3, 0.4) is 0 Å². The van der Waals surface area contributed by atoms with Crippen LogP contribution >= 0.6 is 0 Å². The van der Waals surface area contributed by atoms with Crippen LogP contribution in [0.5, 0.6) is 0 Å². The highest BCUT2D eigenvalue weighted by Gasteiger charge is 2.57. The molecule has 4 aliphatic carbocycles. The van der Waals surface area contributed by atoms with Gasteiger partial charge in [-0.15, -0.1) is 10.2 Å². The fraction of sp³-hybridized carbons (Fsp3) is 0.833. The summed E-state index contributed by atoms with van der Waals surface area (Å²) in [5.74, 6) is 1.43. The van der Waals surface area contributed by atoms with Crippen LogP contribution in [0.2, 0.25) is 0 Å². The summed E-state index contributed by atoms with van der Waals surface area (Å²) in [6.45, 7) is 0. The van der Waals surface area contributed by atoms with E-state index in [1.54, 1.807) is 0 Å². The maximum absolute atomic E-state index is 10.6. The Bertz CT molecular complexity index is 400. The molecule has 1 heterocycles. The lowest BCUT2D eigenvalue weighted by atomic mass is 9.51. The summed E-state index contributed by atoms with van der Waals surface area (Å²) < 4.78 is 2.16. The van der Waals surface area contributed by atoms with Crippen LogP contribution in [0.1, 0.15) is 38.5 Å². The summed E-state index contributed by atoms with van der Waals surface area (Å²) >= 11 is 0. The lowest BCUT2D eigenvalue weighted by Gasteiger charge is -2.60. The van der Waals surface area contributed by atoms with Gasteiger partial charge in [0.05, 0.1) is 11.1 Å². The summed E-state index contributed by atoms with van der Waals surface area (Å²) in [4.78, 5) is 0. The van der Waals surface area contributed by atoms with Crippen molar-refractivity contribution in [3.05, 3.63) is 12.7 Å². The monoisotopic (exact) mass is 219 g/mol. The van der Waals surface area contributed by atoms with E-state index in [1.165, 1.54) is 19.3 Å². The molecule has 5 rings (SSSR count). The molecular formula is C12H17N3O. The van der Waals surface area contributed by atoms with Crippen molar-refractivity contribution in [2.75, 3.05) is 0 Å². The van der Waals surface area contributed by atoms with Crippen molar-refractivity contribution in [1.29, 1.82) is 0 Å². The molecule has 4 aliphatic rings. The largest absolute Gasteiger partial charge is 0.390 e. The number of aliphatic hydroxyl groups is 1. The third kappa shape index (κ3) is 1.08. The zero-order chi connectivity index (χ0) is 10.8. The molecule has 1 aromatic heterocycles. The Balaban J connectivity index is 1.80. The zero-order valence-corrected chi connectivity index (χ0v) is 9.34. The van der Waals surface area contributed by atoms with Gasteiger partial charge in [-0.2, -0.15) is 0 Å². The van der Waals surface area contributed by atoms with Crippen LogP contribution in [0.15, 0.2) is 12.7 Å². The Morgan fingerprint density at radius 3 is 2.25 bits per heavy atom. The van der Waals surface area contributed by atoms with Gasteiger partial charge in [-0.05, 0) is 50.4 Å². The zero-order valence-electron chi connectivity index (χ0n) is 9.34. The maximum atomic E-state index is 10.6. The molecule has 4 atom stereocenters. The van der Waals surface area contributed by atoms with Gasteiger partial charge in [0.2, 0.25) is 0 Å². The SMILES string of the molecule is OC12C[C@H]3C[C@@H](C1)CC(n1cnnc1)(C3)C2. The fourth-order valence-electron chi connectivity index (χ4n) is 4.91. The predicted octanol–water partition coefficient (Wildman–Crippen LogP) is 1.32. The van der Waals surface area contributed by atoms with Crippen molar-refractivity contribution in [2.24, 2.45) is 11.8 Å². The van der Waals surface area contributed by atoms with Gasteiger partial charge in [0.15, 0.2) is 0 Å². The number of hydrogen-bond donors (Lipinski definition) is 1. The van der Waals surface area contributed by atoms with E-state index in [2.05, 4.69) is 14.8 Å². The molecule has 4 saturated carbocycles. The summed E-state index contributed by atoms with van der Waals surface area (Å²) in [6.07, 6.45) is 10.4. The minimum Gasteiger partial charge on any atom is -0.390 e. The van der Waals surface area contributed by atoms with Crippen LogP contribution < -0.4 is 0 Å². The average molecular weight is 219 g/mol. The first-order chi connectivity index (χ1) is 7.68. The Kier molecular flexibility index (Phi) is 1.53. The Labute approximate surface area is 94.7 Å². The van der Waals surface area contributed by atoms with Crippen molar-refractivity contribution < 1.29 is 5.11 Å². The first-order valence-corrected chi connectivity index (χ1v) is 6.25. The van der Waals surface area contributed by atoms with Crippen molar-refractivity contribution in [2.45, 2.75) is 49.7 Å². The molecule has 86 valence electrons. The molecule has 0 amide bonds. The van der Waals surface area contributed by atoms with Gasteiger partial charge in [0.25, 0.3) is 0 Å². The van der Waals surface area contributed by atoms with Gasteiger partial charge in [0, 0.05) is 0 Å². The quantitative estimate of drug-likeness (QED) is 0.775. The van der Waals surface area contributed by atoms with Gasteiger partial charge in [-0.3, -0.25) is 0 Å². The Morgan fingerprint density at radius 1 is 1.06 bits per heavy atom. The third-order valence-corrected chi connectivity index (χ3v) is 4.97. The number of rotatable bonds is 1.